The van der Waals surface area contributed by atoms with E-state index in [4.69, 9.17) is 11.6 Å². The van der Waals surface area contributed by atoms with Gasteiger partial charge in [0.25, 0.3) is 0 Å². The fraction of sp³-hybridized carbons (Fsp3) is 0.562. The molecule has 4 rings (SSSR count). The minimum absolute atomic E-state index is 0. The average molecular weight is 845 g/mol. The van der Waals surface area contributed by atoms with Crippen molar-refractivity contribution in [2.75, 3.05) is 0 Å². The van der Waals surface area contributed by atoms with Crippen LogP contribution in [0.2, 0.25) is 5.15 Å². The molecule has 0 saturated heterocycles. The van der Waals surface area contributed by atoms with E-state index in [2.05, 4.69) is 65.4 Å². The number of aromatic nitrogens is 4. The quantitative estimate of drug-likeness (QED) is 0.0359. The molecule has 7 heteroatoms. The summed E-state index contributed by atoms with van der Waals surface area (Å²) in [5, 5.41) is 16.9. The summed E-state index contributed by atoms with van der Waals surface area (Å²) in [5.41, 5.74) is 5.11. The molecule has 0 radical (unpaired) electrons. The van der Waals surface area contributed by atoms with Gasteiger partial charge in [0.2, 0.25) is 0 Å². The van der Waals surface area contributed by atoms with Gasteiger partial charge < -0.3 is 23.9 Å². The molecule has 0 N–H and O–H groups in total. The zero-order chi connectivity index (χ0) is 37.9. The number of benzene rings is 2. The number of unbranched alkanes of at least 4 members (excludes halogenated alkanes) is 22. The van der Waals surface area contributed by atoms with E-state index in [1.165, 1.54) is 148 Å². The Hall–Kier alpha value is -1.86. The fourth-order valence-corrected chi connectivity index (χ4v) is 6.42. The Morgan fingerprint density at radius 1 is 0.418 bits per heavy atom. The van der Waals surface area contributed by atoms with E-state index in [1.54, 1.807) is 6.07 Å². The molecule has 2 heterocycles. The predicted octanol–water partition coefficient (Wildman–Crippen LogP) is 12.3. The first-order valence-corrected chi connectivity index (χ1v) is 21.8. The van der Waals surface area contributed by atoms with Crippen molar-refractivity contribution in [2.24, 2.45) is 0 Å². The van der Waals surface area contributed by atoms with E-state index < -0.39 is 0 Å². The number of hydrogen-bond donors (Lipinski definition) is 0. The van der Waals surface area contributed by atoms with Crippen molar-refractivity contribution in [1.82, 2.24) is 20.4 Å². The smallest absolute Gasteiger partial charge is 1.00 e. The maximum absolute atomic E-state index is 5.63. The normalized spacial score (nSPS) is 10.3. The summed E-state index contributed by atoms with van der Waals surface area (Å²) in [6, 6.07) is 27.9. The Morgan fingerprint density at radius 3 is 1.13 bits per heavy atom. The van der Waals surface area contributed by atoms with Crippen LogP contribution in [-0.4, -0.2) is 43.4 Å². The van der Waals surface area contributed by atoms with Gasteiger partial charge in [0.15, 0.2) is 5.15 Å². The van der Waals surface area contributed by atoms with Crippen LogP contribution in [0, 0.1) is 6.92 Å². The first-order chi connectivity index (χ1) is 26.2. The van der Waals surface area contributed by atoms with Crippen molar-refractivity contribution in [2.45, 2.75) is 174 Å². The van der Waals surface area contributed by atoms with Crippen LogP contribution in [0.4, 0.5) is 0 Å². The van der Waals surface area contributed by atoms with Gasteiger partial charge in [-0.05, 0) is 37.1 Å². The van der Waals surface area contributed by atoms with Crippen molar-refractivity contribution in [3.05, 3.63) is 103 Å². The molecule has 0 aliphatic heterocycles. The summed E-state index contributed by atoms with van der Waals surface area (Å²) < 4.78 is 0. The Bertz CT molecular complexity index is 1330. The van der Waals surface area contributed by atoms with Crippen LogP contribution in [0.25, 0.3) is 22.5 Å². The summed E-state index contributed by atoms with van der Waals surface area (Å²) in [6.45, 7) is 8.43. The molecule has 0 spiro atoms. The summed E-state index contributed by atoms with van der Waals surface area (Å²) in [5.74, 6) is 0. The Labute approximate surface area is 369 Å². The van der Waals surface area contributed by atoms with E-state index in [-0.39, 0.29) is 40.0 Å². The standard InChI is InChI=1S/C24H36N2.C14H29.C10H7ClN2.BrH.Mg/c1-2-3-4-5-6-7-8-9-10-11-12-16-19-23-20-21-24(26-25-23)22-17-14-13-15-18-22;1-3-5-7-9-11-13-14-12-10-8-6-4-2;11-10-7-6-9(12-13-10)8-4-2-1-3-5-8;;/h13-15,17-18,20-21H,2-12,16,19H2,1H3;1,3-14H2,2H3;1-7H;1H;/q;-1;;;+2/p-1. The molecule has 0 aliphatic rings. The predicted molar refractivity (Wildman–Crippen MR) is 237 cm³/mol. The van der Waals surface area contributed by atoms with Gasteiger partial charge in [-0.3, -0.25) is 0 Å². The number of aryl methyl sites for hydroxylation is 1. The molecule has 2 aromatic carbocycles. The van der Waals surface area contributed by atoms with E-state index in [0.29, 0.717) is 5.15 Å². The van der Waals surface area contributed by atoms with Gasteiger partial charge in [0.1, 0.15) is 0 Å². The molecular weight excluding hydrogens is 772 g/mol. The molecule has 0 fully saturated rings. The maximum atomic E-state index is 5.63. The molecule has 4 aromatic rings. The van der Waals surface area contributed by atoms with Crippen LogP contribution in [0.1, 0.15) is 174 Å². The van der Waals surface area contributed by atoms with Crippen LogP contribution < -0.4 is 17.0 Å². The number of rotatable bonds is 26. The molecule has 0 saturated carbocycles. The van der Waals surface area contributed by atoms with Gasteiger partial charge in [0.05, 0.1) is 17.1 Å². The van der Waals surface area contributed by atoms with E-state index >= 15 is 0 Å². The van der Waals surface area contributed by atoms with E-state index in [9.17, 15) is 0 Å². The molecule has 0 bridgehead atoms. The Balaban J connectivity index is 0.000000854. The van der Waals surface area contributed by atoms with Crippen LogP contribution in [0.5, 0.6) is 0 Å². The van der Waals surface area contributed by atoms with Crippen LogP contribution >= 0.6 is 11.6 Å². The third kappa shape index (κ3) is 29.1. The molecule has 2 aromatic heterocycles. The first kappa shape index (κ1) is 53.1. The second kappa shape index (κ2) is 39.0. The van der Waals surface area contributed by atoms with Crippen molar-refractivity contribution >= 4 is 34.7 Å². The van der Waals surface area contributed by atoms with Crippen molar-refractivity contribution in [1.29, 1.82) is 0 Å². The molecule has 4 nitrogen and oxygen atoms in total. The third-order valence-electron chi connectivity index (χ3n) is 9.63. The van der Waals surface area contributed by atoms with Crippen LogP contribution in [0.15, 0.2) is 84.9 Å². The molecule has 0 unspecified atom stereocenters. The summed E-state index contributed by atoms with van der Waals surface area (Å²) in [7, 11) is 0. The Morgan fingerprint density at radius 2 is 0.782 bits per heavy atom. The average Bonchev–Trinajstić information content (AvgIpc) is 3.21. The molecule has 300 valence electrons. The van der Waals surface area contributed by atoms with Crippen molar-refractivity contribution in [3.8, 4) is 22.5 Å². The SMILES string of the molecule is CCCCCCCCCCCCCCc1ccc(-c2ccccc2)nn1.Clc1ccc(-c2ccccc2)nn1.[Br-].[CH2-]CCCCCCCCCCCCC.[Mg+2]. The minimum Gasteiger partial charge on any atom is -1.00 e. The largest absolute Gasteiger partial charge is 2.00 e. The topological polar surface area (TPSA) is 51.6 Å². The fourth-order valence-electron chi connectivity index (χ4n) is 6.32. The molecular formula is C48H72BrClMgN4. The minimum atomic E-state index is 0. The maximum Gasteiger partial charge on any atom is 2.00 e. The van der Waals surface area contributed by atoms with Crippen LogP contribution in [-0.2, 0) is 6.42 Å². The summed E-state index contributed by atoms with van der Waals surface area (Å²) in [6.07, 6.45) is 34.6. The second-order valence-electron chi connectivity index (χ2n) is 14.4. The zero-order valence-corrected chi connectivity index (χ0v) is 38.5. The van der Waals surface area contributed by atoms with Gasteiger partial charge in [-0.15, -0.1) is 10.2 Å². The number of halogens is 2. The first-order valence-electron chi connectivity index (χ1n) is 21.4. The van der Waals surface area contributed by atoms with Gasteiger partial charge in [-0.2, -0.15) is 16.6 Å². The number of hydrogen-bond acceptors (Lipinski definition) is 4. The summed E-state index contributed by atoms with van der Waals surface area (Å²) in [4.78, 5) is 0. The van der Waals surface area contributed by atoms with Gasteiger partial charge >= 0.3 is 23.1 Å². The van der Waals surface area contributed by atoms with Gasteiger partial charge in [0, 0.05) is 11.1 Å². The molecule has 0 aliphatic carbocycles. The van der Waals surface area contributed by atoms with E-state index in [1.807, 2.05) is 54.6 Å². The van der Waals surface area contributed by atoms with Crippen molar-refractivity contribution in [3.63, 3.8) is 0 Å². The van der Waals surface area contributed by atoms with E-state index in [0.717, 1.165) is 41.1 Å². The van der Waals surface area contributed by atoms with Gasteiger partial charge in [-0.25, -0.2) is 0 Å². The number of nitrogens with zero attached hydrogens (tertiary/aromatic N) is 4. The van der Waals surface area contributed by atoms with Gasteiger partial charge in [-0.1, -0.05) is 227 Å². The molecule has 0 amide bonds. The molecule has 55 heavy (non-hydrogen) atoms. The van der Waals surface area contributed by atoms with Crippen molar-refractivity contribution < 1.29 is 17.0 Å². The zero-order valence-electron chi connectivity index (χ0n) is 34.7. The Kier molecular flexibility index (Phi) is 37.7. The molecule has 0 atom stereocenters. The third-order valence-corrected chi connectivity index (χ3v) is 9.83. The monoisotopic (exact) mass is 842 g/mol. The second-order valence-corrected chi connectivity index (χ2v) is 14.8. The van der Waals surface area contributed by atoms with Crippen LogP contribution in [0.3, 0.4) is 0 Å². The summed E-state index contributed by atoms with van der Waals surface area (Å²) >= 11 is 5.63.